The van der Waals surface area contributed by atoms with E-state index in [4.69, 9.17) is 20.2 Å². The maximum Gasteiger partial charge on any atom is 0.158 e. The molecule has 0 aliphatic heterocycles. The van der Waals surface area contributed by atoms with E-state index < -0.39 is 0 Å². The molecule has 0 atom stereocenters. The molecule has 0 aliphatic carbocycles. The van der Waals surface area contributed by atoms with Gasteiger partial charge in [-0.2, -0.15) is 11.3 Å². The predicted molar refractivity (Wildman–Crippen MR) is 416 cm³/mol. The molecule has 0 amide bonds. The number of aliphatic hydroxyl groups is 2. The Morgan fingerprint density at radius 1 is 0.461 bits per heavy atom. The molecule has 0 fully saturated rings. The van der Waals surface area contributed by atoms with Crippen molar-refractivity contribution < 1.29 is 80.1 Å². The Hall–Kier alpha value is -8.53. The number of hydrogen-bond acceptors (Lipinski definition) is 9. The Morgan fingerprint density at radius 2 is 1.02 bits per heavy atom. The summed E-state index contributed by atoms with van der Waals surface area (Å²) in [6.45, 7) is 31.2. The van der Waals surface area contributed by atoms with Crippen LogP contribution in [0.3, 0.4) is 0 Å². The first kappa shape index (κ1) is 84.1. The molecule has 2 N–H and O–H groups in total. The van der Waals surface area contributed by atoms with Crippen LogP contribution in [-0.4, -0.2) is 41.7 Å². The van der Waals surface area contributed by atoms with Crippen LogP contribution in [-0.2, 0) is 82.7 Å². The molecule has 12 heteroatoms. The van der Waals surface area contributed by atoms with Crippen LogP contribution in [0.1, 0.15) is 112 Å². The van der Waals surface area contributed by atoms with E-state index in [0.717, 1.165) is 80.0 Å². The summed E-state index contributed by atoms with van der Waals surface area (Å²) in [6.07, 6.45) is 7.00. The second kappa shape index (κ2) is 40.3. The van der Waals surface area contributed by atoms with Crippen molar-refractivity contribution in [1.82, 2.24) is 19.9 Å². The molecule has 8 nitrogen and oxygen atoms in total. The minimum atomic E-state index is -0.125. The molecule has 0 unspecified atom stereocenters. The van der Waals surface area contributed by atoms with Crippen LogP contribution in [0.5, 0.6) is 0 Å². The van der Waals surface area contributed by atoms with Gasteiger partial charge in [-0.1, -0.05) is 163 Å². The van der Waals surface area contributed by atoms with Crippen molar-refractivity contribution >= 4 is 64.9 Å². The van der Waals surface area contributed by atoms with Gasteiger partial charge in [-0.3, -0.25) is 19.6 Å². The van der Waals surface area contributed by atoms with Crippen LogP contribution in [0.25, 0.3) is 98.1 Å². The first-order chi connectivity index (χ1) is 47.3. The number of aromatic nitrogens is 4. The number of carbonyl (C=O) groups excluding carboxylic acids is 2. The van der Waals surface area contributed by atoms with Crippen molar-refractivity contribution in [3.05, 3.63) is 298 Å². The Bertz CT molecular complexity index is 4960. The van der Waals surface area contributed by atoms with Gasteiger partial charge in [-0.15, -0.1) is 129 Å². The molecule has 102 heavy (non-hydrogen) atoms. The van der Waals surface area contributed by atoms with Crippen LogP contribution in [0.2, 0.25) is 0 Å². The minimum Gasteiger partial charge on any atom is -0.512 e. The fourth-order valence-electron chi connectivity index (χ4n) is 11.3. The maximum atomic E-state index is 10.4. The van der Waals surface area contributed by atoms with Crippen LogP contribution >= 0.6 is 11.3 Å². The fraction of sp³-hybridized carbons (Fsp3) is 0.222. The number of carbonyl (C=O) groups is 2. The van der Waals surface area contributed by atoms with Crippen molar-refractivity contribution in [2.45, 2.75) is 124 Å². The molecule has 8 aromatic carbocycles. The van der Waals surface area contributed by atoms with Crippen molar-refractivity contribution in [3.8, 4) is 56.2 Å². The van der Waals surface area contributed by atoms with Crippen molar-refractivity contribution in [2.24, 2.45) is 11.8 Å². The summed E-state index contributed by atoms with van der Waals surface area (Å²) in [5.41, 5.74) is 24.6. The molecule has 5 heterocycles. The normalized spacial score (nSPS) is 10.9. The van der Waals surface area contributed by atoms with E-state index in [-0.39, 0.29) is 83.4 Å². The Morgan fingerprint density at radius 3 is 1.52 bits per heavy atom. The zero-order valence-electron chi connectivity index (χ0n) is 61.1. The van der Waals surface area contributed by atoms with Gasteiger partial charge in [0.15, 0.2) is 11.6 Å². The quantitative estimate of drug-likeness (QED) is 0.0745. The fourth-order valence-corrected chi connectivity index (χ4v) is 12.4. The predicted octanol–water partition coefficient (Wildman–Crippen LogP) is 23.5. The number of fused-ring (bicyclic) bond motifs is 5. The van der Waals surface area contributed by atoms with Gasteiger partial charge in [0.1, 0.15) is 0 Å². The number of allylic oxidation sites excluding steroid dienone is 4. The third-order valence-electron chi connectivity index (χ3n) is 16.0. The van der Waals surface area contributed by atoms with Crippen molar-refractivity contribution in [2.75, 3.05) is 0 Å². The van der Waals surface area contributed by atoms with E-state index in [1.165, 1.54) is 115 Å². The minimum absolute atomic E-state index is 0. The summed E-state index contributed by atoms with van der Waals surface area (Å²) in [4.78, 5) is 39.1. The van der Waals surface area contributed by atoms with Gasteiger partial charge in [0.2, 0.25) is 0 Å². The number of aryl methyl sites for hydroxylation is 7. The third kappa shape index (κ3) is 24.9. The summed E-state index contributed by atoms with van der Waals surface area (Å²) in [6, 6.07) is 79.3. The average Bonchev–Trinajstić information content (AvgIpc) is 0.941. The average molecular weight is 1900 g/mol. The number of hydrogen-bond donors (Lipinski definition) is 2. The largest absolute Gasteiger partial charge is 0.512 e. The van der Waals surface area contributed by atoms with Gasteiger partial charge in [0.25, 0.3) is 0 Å². The van der Waals surface area contributed by atoms with Crippen LogP contribution in [0, 0.1) is 84.6 Å². The number of rotatable bonds is 11. The molecule has 0 spiro atoms. The number of aliphatic hydroxyl groups excluding tert-OH is 2. The molecule has 0 saturated heterocycles. The van der Waals surface area contributed by atoms with E-state index in [9.17, 15) is 9.59 Å². The molecule has 0 bridgehead atoms. The van der Waals surface area contributed by atoms with Gasteiger partial charge in [-0.05, 0) is 177 Å². The van der Waals surface area contributed by atoms with Gasteiger partial charge in [-0.25, -0.2) is 0 Å². The van der Waals surface area contributed by atoms with Crippen molar-refractivity contribution in [3.63, 3.8) is 0 Å². The molecular formula is C90H90Ir3N4O4S-4. The molecule has 0 saturated carbocycles. The molecule has 5 aromatic heterocycles. The number of pyridine rings is 4. The number of ketones is 2. The van der Waals surface area contributed by atoms with E-state index in [1.54, 1.807) is 6.92 Å². The van der Waals surface area contributed by atoms with Gasteiger partial charge in [0.05, 0.1) is 22.6 Å². The standard InChI is InChI=1S/C27H26N.C22H24N.C18H12NS.C12H10N.C6H10O2.C5H8O2.3Ir/c1-18(2)12-23-17-27(24-14-19(3)13-20(4)15-24)28-26-11-10-22(16-25(23)26)21-8-6-5-7-9-21;1-14(2)8-18-13-22(19-10-16(4)9-17(5)11-19)23-21-7-6-15(3)12-20(18)21;1-12-8-9-19-16(10-12)13-6-7-18-15(11-13)14-4-2-3-5-17(14)20-18;1-10-7-8-12(13-9-10)11-5-3-2-4-6-11;1-4(5(2)7)6(3)8;1-4(6)3-5(2)7;;;/h5-11,13-14,16-18H,12H2,1-4H3;6-7,9-10,12-14H,8H2,1-5H3;2-5,7-11H,1H3;2-5,7-9H,1H3;7H,1-3H3;3,6H,1-2H3;;;/q4*-1;;;;;. The number of benzene rings is 8. The van der Waals surface area contributed by atoms with Gasteiger partial charge < -0.3 is 20.2 Å². The Kier molecular flexibility index (Phi) is 33.3. The van der Waals surface area contributed by atoms with Crippen LogP contribution in [0.15, 0.2) is 224 Å². The molecule has 0 aliphatic rings. The second-order valence-corrected chi connectivity index (χ2v) is 27.3. The molecule has 13 aromatic rings. The summed E-state index contributed by atoms with van der Waals surface area (Å²) < 4.78 is 2.60. The Labute approximate surface area is 649 Å². The summed E-state index contributed by atoms with van der Waals surface area (Å²) in [7, 11) is 0. The number of Topliss-reactive ketones (excluding diaryl/α,β-unsaturated/α-hetero) is 1. The van der Waals surface area contributed by atoms with E-state index in [0.29, 0.717) is 17.4 Å². The SMILES string of the molecule is CC(=O)C(C)=C(C)O.CC(=O)C=C(C)O.Cc1[c-]c(-c2cc(CC(C)C)c3cc(-c4ccccc4)ccc3n2)cc(C)c1.Cc1[c-]c(-c2cc(CC(C)C)c3cc(C)ccc3n2)cc(C)c1.Cc1ccc(-c2[c-]cccc2)nc1.Cc1ccnc(-c2[c-]cc3sc4ccccc4c3c2)c1.[Ir].[Ir].[Ir]. The van der Waals surface area contributed by atoms with E-state index in [1.807, 2.05) is 67.1 Å². The molecule has 13 rings (SSSR count). The van der Waals surface area contributed by atoms with Crippen LogP contribution in [0.4, 0.5) is 0 Å². The summed E-state index contributed by atoms with van der Waals surface area (Å²) >= 11 is 1.82. The first-order valence-corrected chi connectivity index (χ1v) is 34.4. The van der Waals surface area contributed by atoms with Crippen LogP contribution < -0.4 is 0 Å². The van der Waals surface area contributed by atoms with E-state index >= 15 is 0 Å². The van der Waals surface area contributed by atoms with Gasteiger partial charge >= 0.3 is 0 Å². The zero-order chi connectivity index (χ0) is 71.4. The summed E-state index contributed by atoms with van der Waals surface area (Å²) in [5.74, 6) is 1.18. The van der Waals surface area contributed by atoms with Crippen molar-refractivity contribution in [1.29, 1.82) is 0 Å². The summed E-state index contributed by atoms with van der Waals surface area (Å²) in [5, 5.41) is 22.2. The number of nitrogens with zero attached hydrogens (tertiary/aromatic N) is 4. The Balaban J connectivity index is 0.000000232. The first-order valence-electron chi connectivity index (χ1n) is 33.6. The maximum absolute atomic E-state index is 10.4. The zero-order valence-corrected chi connectivity index (χ0v) is 69.1. The topological polar surface area (TPSA) is 126 Å². The molecule has 531 valence electrons. The monoisotopic (exact) mass is 1900 g/mol. The molecular weight excluding hydrogens is 1810 g/mol. The number of thiophene rings is 1. The second-order valence-electron chi connectivity index (χ2n) is 26.3. The molecule has 3 radical (unpaired) electrons. The van der Waals surface area contributed by atoms with Gasteiger partial charge in [0, 0.05) is 99.8 Å². The van der Waals surface area contributed by atoms with E-state index in [2.05, 4.69) is 255 Å². The third-order valence-corrected chi connectivity index (χ3v) is 17.2. The smallest absolute Gasteiger partial charge is 0.158 e.